The number of aryl methyl sites for hydroxylation is 1. The van der Waals surface area contributed by atoms with Crippen LogP contribution in [0.1, 0.15) is 37.4 Å². The number of benzene rings is 1. The molecule has 0 fully saturated rings. The van der Waals surface area contributed by atoms with Gasteiger partial charge in [-0.25, -0.2) is 4.39 Å². The van der Waals surface area contributed by atoms with Crippen molar-refractivity contribution in [3.8, 4) is 5.75 Å². The summed E-state index contributed by atoms with van der Waals surface area (Å²) in [5.41, 5.74) is 7.26. The Hall–Kier alpha value is -1.09. The van der Waals surface area contributed by atoms with Gasteiger partial charge in [0.05, 0.1) is 0 Å². The maximum atomic E-state index is 13.4. The van der Waals surface area contributed by atoms with Gasteiger partial charge in [-0.05, 0) is 32.4 Å². The SMILES string of the molecule is Cc1cc2c(cc1F)OC(C)(C)CC2N. The quantitative estimate of drug-likeness (QED) is 0.713. The number of ether oxygens (including phenoxy) is 1. The van der Waals surface area contributed by atoms with Crippen LogP contribution in [-0.2, 0) is 0 Å². The zero-order chi connectivity index (χ0) is 11.2. The van der Waals surface area contributed by atoms with E-state index in [0.29, 0.717) is 11.3 Å². The first-order valence-corrected chi connectivity index (χ1v) is 5.14. The molecular formula is C12H16FNO. The Morgan fingerprint density at radius 3 is 2.80 bits per heavy atom. The molecule has 82 valence electrons. The summed E-state index contributed by atoms with van der Waals surface area (Å²) in [6.45, 7) is 5.67. The molecule has 0 saturated carbocycles. The molecule has 0 radical (unpaired) electrons. The molecule has 1 aromatic carbocycles. The van der Waals surface area contributed by atoms with Crippen molar-refractivity contribution in [2.75, 3.05) is 0 Å². The van der Waals surface area contributed by atoms with Crippen LogP contribution in [0.5, 0.6) is 5.75 Å². The molecule has 15 heavy (non-hydrogen) atoms. The molecule has 1 aliphatic heterocycles. The number of hydrogen-bond donors (Lipinski definition) is 1. The van der Waals surface area contributed by atoms with Gasteiger partial charge in [-0.3, -0.25) is 0 Å². The monoisotopic (exact) mass is 209 g/mol. The molecule has 1 atom stereocenters. The average molecular weight is 209 g/mol. The fraction of sp³-hybridized carbons (Fsp3) is 0.500. The molecule has 1 aliphatic rings. The van der Waals surface area contributed by atoms with Crippen molar-refractivity contribution < 1.29 is 9.13 Å². The lowest BCUT2D eigenvalue weighted by atomic mass is 9.89. The first-order valence-electron chi connectivity index (χ1n) is 5.14. The van der Waals surface area contributed by atoms with Crippen molar-refractivity contribution in [2.45, 2.75) is 38.8 Å². The minimum absolute atomic E-state index is 0.0666. The van der Waals surface area contributed by atoms with Gasteiger partial charge in [0.15, 0.2) is 0 Å². The highest BCUT2D eigenvalue weighted by Crippen LogP contribution is 2.39. The van der Waals surface area contributed by atoms with E-state index in [1.807, 2.05) is 13.8 Å². The molecule has 0 aliphatic carbocycles. The molecule has 2 nitrogen and oxygen atoms in total. The molecule has 0 bridgehead atoms. The number of nitrogens with two attached hydrogens (primary N) is 1. The Balaban J connectivity index is 2.51. The van der Waals surface area contributed by atoms with Crippen molar-refractivity contribution in [1.29, 1.82) is 0 Å². The zero-order valence-electron chi connectivity index (χ0n) is 9.30. The highest BCUT2D eigenvalue weighted by atomic mass is 19.1. The van der Waals surface area contributed by atoms with Crippen LogP contribution in [-0.4, -0.2) is 5.60 Å². The molecular weight excluding hydrogens is 193 g/mol. The molecule has 0 aromatic heterocycles. The summed E-state index contributed by atoms with van der Waals surface area (Å²) in [4.78, 5) is 0. The summed E-state index contributed by atoms with van der Waals surface area (Å²) in [5, 5.41) is 0. The number of hydrogen-bond acceptors (Lipinski definition) is 2. The summed E-state index contributed by atoms with van der Waals surface area (Å²) in [5.74, 6) is 0.348. The Labute approximate surface area is 89.2 Å². The van der Waals surface area contributed by atoms with E-state index in [-0.39, 0.29) is 17.5 Å². The number of rotatable bonds is 0. The van der Waals surface area contributed by atoms with E-state index in [9.17, 15) is 4.39 Å². The second kappa shape index (κ2) is 3.20. The van der Waals surface area contributed by atoms with E-state index in [1.54, 1.807) is 13.0 Å². The van der Waals surface area contributed by atoms with E-state index < -0.39 is 0 Å². The molecule has 1 heterocycles. The first-order chi connectivity index (χ1) is 6.89. The summed E-state index contributed by atoms with van der Waals surface area (Å²) >= 11 is 0. The van der Waals surface area contributed by atoms with Gasteiger partial charge in [-0.1, -0.05) is 0 Å². The number of fused-ring (bicyclic) bond motifs is 1. The Morgan fingerprint density at radius 2 is 2.13 bits per heavy atom. The smallest absolute Gasteiger partial charge is 0.129 e. The highest BCUT2D eigenvalue weighted by molar-refractivity contribution is 5.42. The van der Waals surface area contributed by atoms with Crippen LogP contribution in [0.3, 0.4) is 0 Å². The normalized spacial score (nSPS) is 23.1. The lowest BCUT2D eigenvalue weighted by Gasteiger charge is -2.36. The van der Waals surface area contributed by atoms with Crippen molar-refractivity contribution in [1.82, 2.24) is 0 Å². The predicted octanol–water partition coefficient (Wildman–Crippen LogP) is 2.70. The van der Waals surface area contributed by atoms with Gasteiger partial charge < -0.3 is 10.5 Å². The van der Waals surface area contributed by atoms with Crippen molar-refractivity contribution in [2.24, 2.45) is 5.73 Å². The maximum Gasteiger partial charge on any atom is 0.129 e. The molecule has 0 saturated heterocycles. The first kappa shape index (κ1) is 10.4. The average Bonchev–Trinajstić information content (AvgIpc) is 2.07. The minimum atomic E-state index is -0.311. The van der Waals surface area contributed by atoms with Crippen LogP contribution < -0.4 is 10.5 Å². The minimum Gasteiger partial charge on any atom is -0.487 e. The van der Waals surface area contributed by atoms with Gasteiger partial charge >= 0.3 is 0 Å². The van der Waals surface area contributed by atoms with E-state index in [0.717, 1.165) is 12.0 Å². The Bertz CT molecular complexity index is 401. The van der Waals surface area contributed by atoms with E-state index in [2.05, 4.69) is 0 Å². The summed E-state index contributed by atoms with van der Waals surface area (Å²) in [6, 6.07) is 3.15. The standard InChI is InChI=1S/C12H16FNO/c1-7-4-8-10(14)6-12(2,3)15-11(8)5-9(7)13/h4-5,10H,6,14H2,1-3H3. The molecule has 3 heteroatoms. The van der Waals surface area contributed by atoms with Gasteiger partial charge in [0, 0.05) is 24.1 Å². The third-order valence-electron chi connectivity index (χ3n) is 2.79. The molecule has 2 N–H and O–H groups in total. The van der Waals surface area contributed by atoms with Crippen LogP contribution in [0.15, 0.2) is 12.1 Å². The van der Waals surface area contributed by atoms with Crippen LogP contribution in [0.2, 0.25) is 0 Å². The van der Waals surface area contributed by atoms with Gasteiger partial charge in [-0.2, -0.15) is 0 Å². The van der Waals surface area contributed by atoms with Gasteiger partial charge in [0.1, 0.15) is 17.2 Å². The van der Waals surface area contributed by atoms with E-state index >= 15 is 0 Å². The van der Waals surface area contributed by atoms with Crippen LogP contribution in [0.25, 0.3) is 0 Å². The molecule has 1 unspecified atom stereocenters. The molecule has 2 rings (SSSR count). The highest BCUT2D eigenvalue weighted by Gasteiger charge is 2.32. The molecule has 0 amide bonds. The van der Waals surface area contributed by atoms with Gasteiger partial charge in [-0.15, -0.1) is 0 Å². The maximum absolute atomic E-state index is 13.4. The van der Waals surface area contributed by atoms with Crippen molar-refractivity contribution in [3.05, 3.63) is 29.1 Å². The fourth-order valence-electron chi connectivity index (χ4n) is 2.04. The Kier molecular flexibility index (Phi) is 2.23. The third kappa shape index (κ3) is 1.84. The molecule has 0 spiro atoms. The lowest BCUT2D eigenvalue weighted by Crippen LogP contribution is -2.37. The molecule has 1 aromatic rings. The number of halogens is 1. The van der Waals surface area contributed by atoms with Crippen molar-refractivity contribution >= 4 is 0 Å². The predicted molar refractivity (Wildman–Crippen MR) is 57.4 cm³/mol. The largest absolute Gasteiger partial charge is 0.487 e. The zero-order valence-corrected chi connectivity index (χ0v) is 9.30. The van der Waals surface area contributed by atoms with E-state index in [4.69, 9.17) is 10.5 Å². The van der Waals surface area contributed by atoms with Crippen LogP contribution in [0, 0.1) is 12.7 Å². The fourth-order valence-corrected chi connectivity index (χ4v) is 2.04. The summed E-state index contributed by atoms with van der Waals surface area (Å²) in [7, 11) is 0. The van der Waals surface area contributed by atoms with Crippen molar-refractivity contribution in [3.63, 3.8) is 0 Å². The second-order valence-corrected chi connectivity index (χ2v) is 4.81. The van der Waals surface area contributed by atoms with Crippen LogP contribution in [0.4, 0.5) is 4.39 Å². The van der Waals surface area contributed by atoms with Gasteiger partial charge in [0.25, 0.3) is 0 Å². The summed E-state index contributed by atoms with van der Waals surface area (Å²) in [6.07, 6.45) is 0.755. The Morgan fingerprint density at radius 1 is 1.47 bits per heavy atom. The summed E-state index contributed by atoms with van der Waals surface area (Å²) < 4.78 is 19.1. The van der Waals surface area contributed by atoms with Gasteiger partial charge in [0.2, 0.25) is 0 Å². The second-order valence-electron chi connectivity index (χ2n) is 4.81. The topological polar surface area (TPSA) is 35.2 Å². The van der Waals surface area contributed by atoms with Crippen LogP contribution >= 0.6 is 0 Å². The third-order valence-corrected chi connectivity index (χ3v) is 2.79. The lowest BCUT2D eigenvalue weighted by molar-refractivity contribution is 0.0723. The van der Waals surface area contributed by atoms with E-state index in [1.165, 1.54) is 6.07 Å².